The quantitative estimate of drug-likeness (QED) is 0.400. The number of ether oxygens (including phenoxy) is 1. The maximum Gasteiger partial charge on any atom is 0.313 e. The number of pyridine rings is 1. The van der Waals surface area contributed by atoms with E-state index in [2.05, 4.69) is 32.2 Å². The second-order valence-corrected chi connectivity index (χ2v) is 10.3. The fourth-order valence-electron chi connectivity index (χ4n) is 4.67. The Bertz CT molecular complexity index is 1100. The van der Waals surface area contributed by atoms with E-state index >= 15 is 0 Å². The molecule has 3 aromatic rings. The number of hydrogen-bond donors (Lipinski definition) is 1. The van der Waals surface area contributed by atoms with Gasteiger partial charge in [0.2, 0.25) is 6.04 Å². The van der Waals surface area contributed by atoms with Crippen molar-refractivity contribution in [1.29, 1.82) is 0 Å². The molecule has 4 rings (SSSR count). The third-order valence-electron chi connectivity index (χ3n) is 6.36. The predicted molar refractivity (Wildman–Crippen MR) is 129 cm³/mol. The molecule has 0 amide bonds. The molecule has 0 saturated heterocycles. The number of nitrogens with one attached hydrogen (secondary N) is 1. The number of aromatic nitrogens is 5. The molecule has 2 atom stereocenters. The lowest BCUT2D eigenvalue weighted by molar-refractivity contribution is -0.765. The van der Waals surface area contributed by atoms with Gasteiger partial charge in [0.05, 0.1) is 11.3 Å². The second kappa shape index (κ2) is 10.5. The maximum absolute atomic E-state index is 12.6. The number of aryl methyl sites for hydroxylation is 3. The first-order chi connectivity index (χ1) is 16.3. The number of carbonyl (C=O) groups excluding carboxylic acids is 1. The number of H-pyrrole nitrogens is 1. The van der Waals surface area contributed by atoms with Gasteiger partial charge < -0.3 is 4.74 Å². The minimum Gasteiger partial charge on any atom is -0.460 e. The van der Waals surface area contributed by atoms with Crippen LogP contribution in [0.3, 0.4) is 0 Å². The molecule has 0 aromatic carbocycles. The minimum atomic E-state index is -0.522. The lowest BCUT2D eigenvalue weighted by Gasteiger charge is -2.23. The topological polar surface area (TPSA) is 84.6 Å². The number of hydrogen-bond acceptors (Lipinski definition) is 5. The minimum absolute atomic E-state index is 0.211. The molecular formula is C27H36N5O2+. The van der Waals surface area contributed by atoms with Crippen LogP contribution in [0.25, 0.3) is 0 Å². The first-order valence-corrected chi connectivity index (χ1v) is 12.3. The van der Waals surface area contributed by atoms with Gasteiger partial charge in [-0.25, -0.2) is 9.97 Å². The summed E-state index contributed by atoms with van der Waals surface area (Å²) in [5.74, 6) is 1.17. The molecule has 0 bridgehead atoms. The lowest BCUT2D eigenvalue weighted by Crippen LogP contribution is -2.43. The highest BCUT2D eigenvalue weighted by molar-refractivity contribution is 5.70. The SMILES string of the molecule is Cc1ncc(C(CC(=O)OC(C)(C)C)[n+]2ccc(CCC[C@H]3CCc4cccnc4C3)[nH]2)cn1. The van der Waals surface area contributed by atoms with Crippen molar-refractivity contribution in [1.82, 2.24) is 20.1 Å². The molecule has 0 radical (unpaired) electrons. The van der Waals surface area contributed by atoms with Crippen LogP contribution in [0.1, 0.15) is 80.8 Å². The van der Waals surface area contributed by atoms with Gasteiger partial charge in [0.1, 0.15) is 17.8 Å². The van der Waals surface area contributed by atoms with Crippen LogP contribution in [0.2, 0.25) is 0 Å². The van der Waals surface area contributed by atoms with Crippen molar-refractivity contribution in [3.8, 4) is 0 Å². The Morgan fingerprint density at radius 3 is 2.79 bits per heavy atom. The fraction of sp³-hybridized carbons (Fsp3) is 0.519. The molecule has 0 saturated carbocycles. The van der Waals surface area contributed by atoms with Crippen molar-refractivity contribution < 1.29 is 14.2 Å². The zero-order valence-electron chi connectivity index (χ0n) is 20.8. The van der Waals surface area contributed by atoms with Gasteiger partial charge in [0, 0.05) is 30.4 Å². The van der Waals surface area contributed by atoms with E-state index in [9.17, 15) is 4.79 Å². The van der Waals surface area contributed by atoms with Crippen molar-refractivity contribution >= 4 is 5.97 Å². The van der Waals surface area contributed by atoms with Crippen LogP contribution >= 0.6 is 0 Å². The Morgan fingerprint density at radius 2 is 2.03 bits per heavy atom. The van der Waals surface area contributed by atoms with Crippen LogP contribution in [0.4, 0.5) is 0 Å². The van der Waals surface area contributed by atoms with E-state index in [-0.39, 0.29) is 18.4 Å². The number of fused-ring (bicyclic) bond motifs is 1. The van der Waals surface area contributed by atoms with Gasteiger partial charge in [-0.05, 0) is 83.8 Å². The number of aromatic amines is 1. The van der Waals surface area contributed by atoms with Crippen molar-refractivity contribution in [2.45, 2.75) is 84.3 Å². The first-order valence-electron chi connectivity index (χ1n) is 12.3. The summed E-state index contributed by atoms with van der Waals surface area (Å²) < 4.78 is 7.57. The number of nitrogens with zero attached hydrogens (tertiary/aromatic N) is 4. The van der Waals surface area contributed by atoms with E-state index in [1.807, 2.05) is 50.8 Å². The molecule has 0 spiro atoms. The molecule has 1 aliphatic carbocycles. The highest BCUT2D eigenvalue weighted by Crippen LogP contribution is 2.27. The van der Waals surface area contributed by atoms with Crippen LogP contribution in [-0.4, -0.2) is 31.6 Å². The van der Waals surface area contributed by atoms with Gasteiger partial charge >= 0.3 is 5.97 Å². The first kappa shape index (κ1) is 24.0. The summed E-state index contributed by atoms with van der Waals surface area (Å²) in [4.78, 5) is 25.9. The van der Waals surface area contributed by atoms with Gasteiger partial charge in [0.15, 0.2) is 6.20 Å². The van der Waals surface area contributed by atoms with Gasteiger partial charge in [-0.2, -0.15) is 5.10 Å². The summed E-state index contributed by atoms with van der Waals surface area (Å²) in [5, 5.41) is 3.49. The zero-order valence-corrected chi connectivity index (χ0v) is 20.8. The normalized spacial score (nSPS) is 16.6. The van der Waals surface area contributed by atoms with Gasteiger partial charge in [-0.15, -0.1) is 4.68 Å². The maximum atomic E-state index is 12.6. The van der Waals surface area contributed by atoms with E-state index in [0.717, 1.165) is 36.9 Å². The Kier molecular flexibility index (Phi) is 7.39. The summed E-state index contributed by atoms with van der Waals surface area (Å²) in [6.45, 7) is 7.51. The monoisotopic (exact) mass is 462 g/mol. The standard InChI is InChI=1S/C27H35N5O2/c1-19-29-17-22(18-30-19)25(16-26(33)34-27(2,3)4)32-14-12-23(31-32)9-5-7-20-10-11-21-8-6-13-28-24(21)15-20/h6,8,12-14,17-18,20,25H,5,7,9-11,15-16H2,1-4H3/p+1/t20-,25?/m0/s1. The number of esters is 1. The molecule has 1 aliphatic rings. The van der Waals surface area contributed by atoms with Crippen molar-refractivity contribution in [2.24, 2.45) is 5.92 Å². The average molecular weight is 463 g/mol. The molecule has 0 aliphatic heterocycles. The number of rotatable bonds is 8. The van der Waals surface area contributed by atoms with Crippen molar-refractivity contribution in [3.63, 3.8) is 0 Å². The highest BCUT2D eigenvalue weighted by atomic mass is 16.6. The summed E-state index contributed by atoms with van der Waals surface area (Å²) in [5.41, 5.74) is 4.22. The summed E-state index contributed by atoms with van der Waals surface area (Å²) in [7, 11) is 0. The lowest BCUT2D eigenvalue weighted by atomic mass is 9.84. The third kappa shape index (κ3) is 6.49. The molecule has 7 heteroatoms. The fourth-order valence-corrected chi connectivity index (χ4v) is 4.67. The largest absolute Gasteiger partial charge is 0.460 e. The molecule has 3 heterocycles. The van der Waals surface area contributed by atoms with Crippen molar-refractivity contribution in [3.05, 3.63) is 71.3 Å². The van der Waals surface area contributed by atoms with Crippen molar-refractivity contribution in [2.75, 3.05) is 0 Å². The Morgan fingerprint density at radius 1 is 1.24 bits per heavy atom. The molecule has 180 valence electrons. The van der Waals surface area contributed by atoms with E-state index < -0.39 is 5.60 Å². The molecular weight excluding hydrogens is 426 g/mol. The Hall–Kier alpha value is -3.09. The van der Waals surface area contributed by atoms with E-state index in [1.165, 1.54) is 24.1 Å². The van der Waals surface area contributed by atoms with Crippen LogP contribution in [-0.2, 0) is 28.8 Å². The Labute approximate surface area is 202 Å². The van der Waals surface area contributed by atoms with Crippen LogP contribution in [0.15, 0.2) is 43.0 Å². The van der Waals surface area contributed by atoms with Gasteiger partial charge in [-0.1, -0.05) is 6.07 Å². The van der Waals surface area contributed by atoms with Gasteiger partial charge in [-0.3, -0.25) is 9.78 Å². The second-order valence-electron chi connectivity index (χ2n) is 10.3. The summed E-state index contributed by atoms with van der Waals surface area (Å²) >= 11 is 0. The highest BCUT2D eigenvalue weighted by Gasteiger charge is 2.30. The van der Waals surface area contributed by atoms with Crippen LogP contribution in [0.5, 0.6) is 0 Å². The third-order valence-corrected chi connectivity index (χ3v) is 6.36. The molecule has 1 N–H and O–H groups in total. The Balaban J connectivity index is 1.38. The zero-order chi connectivity index (χ0) is 24.1. The van der Waals surface area contributed by atoms with E-state index in [0.29, 0.717) is 11.7 Å². The van der Waals surface area contributed by atoms with Crippen LogP contribution < -0.4 is 4.68 Å². The number of carbonyl (C=O) groups is 1. The molecule has 1 unspecified atom stereocenters. The van der Waals surface area contributed by atoms with E-state index in [1.54, 1.807) is 12.4 Å². The van der Waals surface area contributed by atoms with Crippen LogP contribution in [0, 0.1) is 12.8 Å². The van der Waals surface area contributed by atoms with E-state index in [4.69, 9.17) is 4.74 Å². The molecule has 34 heavy (non-hydrogen) atoms. The molecule has 7 nitrogen and oxygen atoms in total. The smallest absolute Gasteiger partial charge is 0.313 e. The molecule has 3 aromatic heterocycles. The average Bonchev–Trinajstić information content (AvgIpc) is 3.25. The predicted octanol–water partition coefficient (Wildman–Crippen LogP) is 4.24. The summed E-state index contributed by atoms with van der Waals surface area (Å²) in [6, 6.07) is 6.11. The molecule has 0 fully saturated rings. The summed E-state index contributed by atoms with van der Waals surface area (Å²) in [6.07, 6.45) is 14.5. The van der Waals surface area contributed by atoms with Gasteiger partial charge in [0.25, 0.3) is 0 Å².